The molecule has 0 aromatic heterocycles. The zero-order valence-corrected chi connectivity index (χ0v) is 11.1. The molecule has 0 atom stereocenters. The van der Waals surface area contributed by atoms with E-state index < -0.39 is 0 Å². The quantitative estimate of drug-likeness (QED) is 0.811. The van der Waals surface area contributed by atoms with Gasteiger partial charge in [0.25, 0.3) is 0 Å². The molecule has 0 amide bonds. The van der Waals surface area contributed by atoms with Crippen molar-refractivity contribution < 1.29 is 0 Å². The highest BCUT2D eigenvalue weighted by atomic mass is 79.9. The van der Waals surface area contributed by atoms with Crippen LogP contribution in [0.15, 0.2) is 28.7 Å². The Labute approximate surface area is 99.0 Å². The predicted molar refractivity (Wildman–Crippen MR) is 68.9 cm³/mol. The minimum absolute atomic E-state index is 1.02. The van der Waals surface area contributed by atoms with Crippen LogP contribution in [0.1, 0.15) is 5.56 Å². The summed E-state index contributed by atoms with van der Waals surface area (Å²) in [7, 11) is 2.16. The van der Waals surface area contributed by atoms with Crippen molar-refractivity contribution in [2.75, 3.05) is 25.6 Å². The van der Waals surface area contributed by atoms with Gasteiger partial charge in [-0.05, 0) is 24.9 Å². The maximum atomic E-state index is 3.56. The molecular weight excluding hydrogens is 258 g/mol. The highest BCUT2D eigenvalue weighted by Crippen LogP contribution is 2.17. The normalized spacial score (nSPS) is 10.9. The van der Waals surface area contributed by atoms with E-state index in [1.165, 1.54) is 15.8 Å². The molecular formula is C11H16BrNS. The van der Waals surface area contributed by atoms with Crippen LogP contribution in [0.2, 0.25) is 0 Å². The standard InChI is InChI=1S/C11H16BrNS/c1-13(7-8-14-2)9-10-5-3-4-6-11(10)12/h3-6H,7-9H2,1-2H3. The van der Waals surface area contributed by atoms with E-state index in [1.807, 2.05) is 11.8 Å². The maximum absolute atomic E-state index is 3.56. The molecule has 0 aliphatic rings. The molecule has 0 spiro atoms. The Morgan fingerprint density at radius 1 is 1.36 bits per heavy atom. The van der Waals surface area contributed by atoms with Gasteiger partial charge in [0.1, 0.15) is 0 Å². The summed E-state index contributed by atoms with van der Waals surface area (Å²) in [4.78, 5) is 2.34. The Balaban J connectivity index is 2.47. The minimum Gasteiger partial charge on any atom is -0.301 e. The Bertz CT molecular complexity index is 278. The lowest BCUT2D eigenvalue weighted by molar-refractivity contribution is 0.348. The molecule has 0 heterocycles. The third kappa shape index (κ3) is 4.03. The lowest BCUT2D eigenvalue weighted by atomic mass is 10.2. The number of nitrogens with zero attached hydrogens (tertiary/aromatic N) is 1. The number of thioether (sulfide) groups is 1. The summed E-state index contributed by atoms with van der Waals surface area (Å²) in [5.74, 6) is 1.20. The van der Waals surface area contributed by atoms with Crippen LogP contribution in [-0.4, -0.2) is 30.5 Å². The van der Waals surface area contributed by atoms with Crippen LogP contribution in [0.3, 0.4) is 0 Å². The van der Waals surface area contributed by atoms with Gasteiger partial charge in [-0.3, -0.25) is 0 Å². The molecule has 0 unspecified atom stereocenters. The molecule has 0 bridgehead atoms. The summed E-state index contributed by atoms with van der Waals surface area (Å²) < 4.78 is 1.20. The second-order valence-electron chi connectivity index (χ2n) is 3.32. The second-order valence-corrected chi connectivity index (χ2v) is 5.16. The summed E-state index contributed by atoms with van der Waals surface area (Å²) in [5.41, 5.74) is 1.36. The Morgan fingerprint density at radius 3 is 2.71 bits per heavy atom. The summed E-state index contributed by atoms with van der Waals surface area (Å²) in [6, 6.07) is 8.40. The van der Waals surface area contributed by atoms with Crippen LogP contribution < -0.4 is 0 Å². The summed E-state index contributed by atoms with van der Waals surface area (Å²) >= 11 is 5.45. The van der Waals surface area contributed by atoms with Gasteiger partial charge in [0.2, 0.25) is 0 Å². The van der Waals surface area contributed by atoms with Crippen molar-refractivity contribution in [1.82, 2.24) is 4.90 Å². The molecule has 0 aliphatic carbocycles. The summed E-state index contributed by atoms with van der Waals surface area (Å²) in [6.07, 6.45) is 2.15. The molecule has 1 nitrogen and oxygen atoms in total. The molecule has 0 aliphatic heterocycles. The zero-order chi connectivity index (χ0) is 10.4. The van der Waals surface area contributed by atoms with E-state index in [4.69, 9.17) is 0 Å². The molecule has 0 fully saturated rings. The number of halogens is 1. The van der Waals surface area contributed by atoms with Gasteiger partial charge in [0, 0.05) is 23.3 Å². The topological polar surface area (TPSA) is 3.24 Å². The van der Waals surface area contributed by atoms with Crippen molar-refractivity contribution in [3.63, 3.8) is 0 Å². The van der Waals surface area contributed by atoms with Gasteiger partial charge >= 0.3 is 0 Å². The largest absolute Gasteiger partial charge is 0.301 e. The number of hydrogen-bond donors (Lipinski definition) is 0. The number of hydrogen-bond acceptors (Lipinski definition) is 2. The fourth-order valence-corrected chi connectivity index (χ4v) is 2.15. The van der Waals surface area contributed by atoms with Crippen molar-refractivity contribution >= 4 is 27.7 Å². The van der Waals surface area contributed by atoms with Crippen LogP contribution >= 0.6 is 27.7 Å². The first-order valence-corrected chi connectivity index (χ1v) is 6.83. The van der Waals surface area contributed by atoms with Gasteiger partial charge in [0.15, 0.2) is 0 Å². The van der Waals surface area contributed by atoms with E-state index in [0.717, 1.165) is 13.1 Å². The Hall–Kier alpha value is 0.01000. The van der Waals surface area contributed by atoms with Gasteiger partial charge < -0.3 is 4.90 Å². The van der Waals surface area contributed by atoms with Gasteiger partial charge in [-0.15, -0.1) is 0 Å². The number of rotatable bonds is 5. The van der Waals surface area contributed by atoms with Crippen molar-refractivity contribution in [2.24, 2.45) is 0 Å². The molecule has 78 valence electrons. The molecule has 1 rings (SSSR count). The molecule has 0 saturated carbocycles. The summed E-state index contributed by atoms with van der Waals surface area (Å²) in [6.45, 7) is 2.16. The van der Waals surface area contributed by atoms with Gasteiger partial charge in [-0.25, -0.2) is 0 Å². The van der Waals surface area contributed by atoms with Crippen LogP contribution in [0.5, 0.6) is 0 Å². The van der Waals surface area contributed by atoms with E-state index >= 15 is 0 Å². The molecule has 14 heavy (non-hydrogen) atoms. The minimum atomic E-state index is 1.02. The van der Waals surface area contributed by atoms with Crippen molar-refractivity contribution in [1.29, 1.82) is 0 Å². The smallest absolute Gasteiger partial charge is 0.0242 e. The SMILES string of the molecule is CSCCN(C)Cc1ccccc1Br. The Kier molecular flexibility index (Phi) is 5.60. The first-order chi connectivity index (χ1) is 6.74. The Morgan fingerprint density at radius 2 is 2.07 bits per heavy atom. The van der Waals surface area contributed by atoms with E-state index in [0.29, 0.717) is 0 Å². The van der Waals surface area contributed by atoms with Crippen LogP contribution in [-0.2, 0) is 6.54 Å². The van der Waals surface area contributed by atoms with Crippen LogP contribution in [0.25, 0.3) is 0 Å². The molecule has 0 radical (unpaired) electrons. The van der Waals surface area contributed by atoms with Crippen LogP contribution in [0.4, 0.5) is 0 Å². The average Bonchev–Trinajstić information content (AvgIpc) is 2.18. The monoisotopic (exact) mass is 273 g/mol. The van der Waals surface area contributed by atoms with E-state index in [1.54, 1.807) is 0 Å². The van der Waals surface area contributed by atoms with Gasteiger partial charge in [0.05, 0.1) is 0 Å². The van der Waals surface area contributed by atoms with Gasteiger partial charge in [-0.2, -0.15) is 11.8 Å². The molecule has 3 heteroatoms. The molecule has 1 aromatic carbocycles. The van der Waals surface area contributed by atoms with E-state index in [-0.39, 0.29) is 0 Å². The fraction of sp³-hybridized carbons (Fsp3) is 0.455. The highest BCUT2D eigenvalue weighted by Gasteiger charge is 2.02. The van der Waals surface area contributed by atoms with Crippen molar-refractivity contribution in [2.45, 2.75) is 6.54 Å². The lowest BCUT2D eigenvalue weighted by Gasteiger charge is -2.16. The average molecular weight is 274 g/mol. The molecule has 0 N–H and O–H groups in total. The first-order valence-electron chi connectivity index (χ1n) is 4.65. The number of benzene rings is 1. The molecule has 1 aromatic rings. The van der Waals surface area contributed by atoms with Gasteiger partial charge in [-0.1, -0.05) is 34.1 Å². The maximum Gasteiger partial charge on any atom is 0.0242 e. The van der Waals surface area contributed by atoms with Crippen molar-refractivity contribution in [3.05, 3.63) is 34.3 Å². The van der Waals surface area contributed by atoms with Crippen molar-refractivity contribution in [3.8, 4) is 0 Å². The first kappa shape index (κ1) is 12.1. The zero-order valence-electron chi connectivity index (χ0n) is 8.66. The second kappa shape index (κ2) is 6.49. The fourth-order valence-electron chi connectivity index (χ4n) is 1.24. The highest BCUT2D eigenvalue weighted by molar-refractivity contribution is 9.10. The predicted octanol–water partition coefficient (Wildman–Crippen LogP) is 3.24. The third-order valence-corrected chi connectivity index (χ3v) is 3.44. The van der Waals surface area contributed by atoms with E-state index in [9.17, 15) is 0 Å². The van der Waals surface area contributed by atoms with E-state index in [2.05, 4.69) is 58.4 Å². The molecule has 0 saturated heterocycles. The summed E-state index contributed by atoms with van der Waals surface area (Å²) in [5, 5.41) is 0. The third-order valence-electron chi connectivity index (χ3n) is 2.08. The lowest BCUT2D eigenvalue weighted by Crippen LogP contribution is -2.20. The van der Waals surface area contributed by atoms with Crippen LogP contribution in [0, 0.1) is 0 Å².